The summed E-state index contributed by atoms with van der Waals surface area (Å²) in [7, 11) is 0. The van der Waals surface area contributed by atoms with Gasteiger partial charge in [0.05, 0.1) is 17.1 Å². The number of rotatable bonds is 1. The van der Waals surface area contributed by atoms with Gasteiger partial charge in [0.25, 0.3) is 0 Å². The Morgan fingerprint density at radius 1 is 1.14 bits per heavy atom. The minimum atomic E-state index is 0.248. The minimum Gasteiger partial charge on any atom is -0.411 e. The Bertz CT molecular complexity index is 707. The second-order valence-corrected chi connectivity index (χ2v) is 5.55. The lowest BCUT2D eigenvalue weighted by atomic mass is 9.80. The second-order valence-electron chi connectivity index (χ2n) is 5.55. The van der Waals surface area contributed by atoms with Gasteiger partial charge < -0.3 is 10.9 Å². The van der Waals surface area contributed by atoms with E-state index in [-0.39, 0.29) is 11.9 Å². The van der Waals surface area contributed by atoms with Gasteiger partial charge in [-0.1, -0.05) is 35.0 Å². The van der Waals surface area contributed by atoms with E-state index in [0.29, 0.717) is 12.1 Å². The quantitative estimate of drug-likeness (QED) is 0.622. The van der Waals surface area contributed by atoms with Crippen LogP contribution in [-0.2, 0) is 6.42 Å². The summed E-state index contributed by atoms with van der Waals surface area (Å²) >= 11 is 0. The third kappa shape index (κ3) is 2.46. The molecule has 1 aromatic heterocycles. The lowest BCUT2D eigenvalue weighted by Gasteiger charge is -2.26. The second kappa shape index (κ2) is 5.16. The fraction of sp³-hybridized carbons (Fsp3) is 0.312. The first kappa shape index (κ1) is 13.5. The minimum absolute atomic E-state index is 0.248. The Hall–Kier alpha value is -2.43. The number of nitrogens with zero attached hydrogens (tertiary/aromatic N) is 3. The molecule has 1 unspecified atom stereocenters. The van der Waals surface area contributed by atoms with E-state index >= 15 is 0 Å². The zero-order chi connectivity index (χ0) is 15.0. The van der Waals surface area contributed by atoms with E-state index in [0.717, 1.165) is 23.4 Å². The van der Waals surface area contributed by atoms with Crippen LogP contribution >= 0.6 is 0 Å². The molecule has 0 saturated heterocycles. The Labute approximate surface area is 123 Å². The van der Waals surface area contributed by atoms with Crippen LogP contribution in [0.5, 0.6) is 0 Å². The van der Waals surface area contributed by atoms with E-state index in [1.165, 1.54) is 11.1 Å². The monoisotopic (exact) mass is 282 g/mol. The molecule has 2 aromatic rings. The highest BCUT2D eigenvalue weighted by molar-refractivity contribution is 6.03. The highest BCUT2D eigenvalue weighted by Crippen LogP contribution is 2.33. The maximum absolute atomic E-state index is 9.34. The van der Waals surface area contributed by atoms with Gasteiger partial charge in [0.2, 0.25) is 5.95 Å². The molecule has 0 aliphatic heterocycles. The summed E-state index contributed by atoms with van der Waals surface area (Å²) in [4.78, 5) is 8.51. The van der Waals surface area contributed by atoms with Gasteiger partial charge in [0, 0.05) is 12.0 Å². The first-order chi connectivity index (χ1) is 10.1. The largest absolute Gasteiger partial charge is 0.411 e. The van der Waals surface area contributed by atoms with Crippen molar-refractivity contribution in [2.45, 2.75) is 32.6 Å². The molecular formula is C16H18N4O. The van der Waals surface area contributed by atoms with Crippen molar-refractivity contribution in [3.05, 3.63) is 52.3 Å². The van der Waals surface area contributed by atoms with E-state index in [1.807, 2.05) is 6.92 Å². The molecular weight excluding hydrogens is 264 g/mol. The van der Waals surface area contributed by atoms with Crippen LogP contribution in [0, 0.1) is 13.8 Å². The van der Waals surface area contributed by atoms with Gasteiger partial charge in [-0.25, -0.2) is 9.97 Å². The van der Waals surface area contributed by atoms with Gasteiger partial charge >= 0.3 is 0 Å². The molecule has 0 amide bonds. The van der Waals surface area contributed by atoms with Gasteiger partial charge in [0.1, 0.15) is 0 Å². The first-order valence-corrected chi connectivity index (χ1v) is 6.99. The predicted molar refractivity (Wildman–Crippen MR) is 81.7 cm³/mol. The van der Waals surface area contributed by atoms with Crippen LogP contribution in [0.2, 0.25) is 0 Å². The normalized spacial score (nSPS) is 19.5. The van der Waals surface area contributed by atoms with Crippen molar-refractivity contribution in [2.24, 2.45) is 5.16 Å². The van der Waals surface area contributed by atoms with Crippen molar-refractivity contribution in [3.8, 4) is 0 Å². The van der Waals surface area contributed by atoms with Crippen LogP contribution in [0.4, 0.5) is 5.95 Å². The number of aryl methyl sites for hydroxylation is 2. The van der Waals surface area contributed by atoms with Crippen LogP contribution in [0.1, 0.15) is 40.4 Å². The molecule has 1 aliphatic carbocycles. The Morgan fingerprint density at radius 2 is 1.86 bits per heavy atom. The zero-order valence-corrected chi connectivity index (χ0v) is 12.2. The SMILES string of the molecule is Cc1ccc(C2C/C(=N\O)c3c(C)nc(N)nc3C2)cc1. The van der Waals surface area contributed by atoms with E-state index in [9.17, 15) is 5.21 Å². The molecule has 0 bridgehead atoms. The number of hydrogen-bond donors (Lipinski definition) is 2. The standard InChI is InChI=1S/C16H18N4O/c1-9-3-5-11(6-4-9)12-7-13-15(14(8-12)20-21)10(2)18-16(17)19-13/h3-6,12,21H,7-8H2,1-2H3,(H2,17,18,19)/b20-14+. The van der Waals surface area contributed by atoms with Gasteiger partial charge in [-0.15, -0.1) is 0 Å². The van der Waals surface area contributed by atoms with Gasteiger partial charge in [0.15, 0.2) is 0 Å². The lowest BCUT2D eigenvalue weighted by Crippen LogP contribution is -2.23. The summed E-state index contributed by atoms with van der Waals surface area (Å²) < 4.78 is 0. The summed E-state index contributed by atoms with van der Waals surface area (Å²) in [5.41, 5.74) is 11.3. The third-order valence-corrected chi connectivity index (χ3v) is 4.02. The Balaban J connectivity index is 2.04. The smallest absolute Gasteiger partial charge is 0.220 e. The Kier molecular flexibility index (Phi) is 3.33. The molecule has 1 heterocycles. The summed E-state index contributed by atoms with van der Waals surface area (Å²) in [5.74, 6) is 0.519. The molecule has 0 saturated carbocycles. The lowest BCUT2D eigenvalue weighted by molar-refractivity contribution is 0.316. The number of nitrogen functional groups attached to an aromatic ring is 1. The van der Waals surface area contributed by atoms with E-state index in [2.05, 4.69) is 46.3 Å². The van der Waals surface area contributed by atoms with Crippen molar-refractivity contribution >= 4 is 11.7 Å². The molecule has 0 fully saturated rings. The van der Waals surface area contributed by atoms with Crippen molar-refractivity contribution in [3.63, 3.8) is 0 Å². The highest BCUT2D eigenvalue weighted by atomic mass is 16.4. The molecule has 3 N–H and O–H groups in total. The van der Waals surface area contributed by atoms with E-state index in [1.54, 1.807) is 0 Å². The fourth-order valence-electron chi connectivity index (χ4n) is 2.98. The molecule has 0 spiro atoms. The summed E-state index contributed by atoms with van der Waals surface area (Å²) in [5, 5.41) is 12.8. The molecule has 5 heteroatoms. The maximum atomic E-state index is 9.34. The van der Waals surface area contributed by atoms with Crippen LogP contribution in [0.3, 0.4) is 0 Å². The average molecular weight is 282 g/mol. The van der Waals surface area contributed by atoms with Gasteiger partial charge in [-0.05, 0) is 31.7 Å². The molecule has 1 aliphatic rings. The molecule has 1 atom stereocenters. The van der Waals surface area contributed by atoms with Crippen LogP contribution in [0.15, 0.2) is 29.4 Å². The Morgan fingerprint density at radius 3 is 2.52 bits per heavy atom. The average Bonchev–Trinajstić information content (AvgIpc) is 2.46. The number of hydrogen-bond acceptors (Lipinski definition) is 5. The molecule has 1 aromatic carbocycles. The van der Waals surface area contributed by atoms with Gasteiger partial charge in [-0.3, -0.25) is 0 Å². The summed E-state index contributed by atoms with van der Waals surface area (Å²) in [6.07, 6.45) is 1.46. The molecule has 5 nitrogen and oxygen atoms in total. The third-order valence-electron chi connectivity index (χ3n) is 4.02. The first-order valence-electron chi connectivity index (χ1n) is 6.99. The van der Waals surface area contributed by atoms with Gasteiger partial charge in [-0.2, -0.15) is 0 Å². The van der Waals surface area contributed by atoms with Crippen molar-refractivity contribution < 1.29 is 5.21 Å². The molecule has 21 heavy (non-hydrogen) atoms. The summed E-state index contributed by atoms with van der Waals surface area (Å²) in [6.45, 7) is 3.94. The van der Waals surface area contributed by atoms with Crippen LogP contribution in [-0.4, -0.2) is 20.9 Å². The number of aromatic nitrogens is 2. The van der Waals surface area contributed by atoms with E-state index in [4.69, 9.17) is 5.73 Å². The maximum Gasteiger partial charge on any atom is 0.220 e. The molecule has 108 valence electrons. The number of oxime groups is 1. The van der Waals surface area contributed by atoms with Crippen molar-refractivity contribution in [2.75, 3.05) is 5.73 Å². The van der Waals surface area contributed by atoms with Crippen molar-refractivity contribution in [1.29, 1.82) is 0 Å². The molecule has 0 radical (unpaired) electrons. The van der Waals surface area contributed by atoms with Crippen LogP contribution in [0.25, 0.3) is 0 Å². The fourth-order valence-corrected chi connectivity index (χ4v) is 2.98. The number of fused-ring (bicyclic) bond motifs is 1. The number of nitrogens with two attached hydrogens (primary N) is 1. The zero-order valence-electron chi connectivity index (χ0n) is 12.2. The van der Waals surface area contributed by atoms with Crippen LogP contribution < -0.4 is 5.73 Å². The topological polar surface area (TPSA) is 84.4 Å². The number of anilines is 1. The van der Waals surface area contributed by atoms with E-state index < -0.39 is 0 Å². The predicted octanol–water partition coefficient (Wildman–Crippen LogP) is 2.58. The van der Waals surface area contributed by atoms with Crippen molar-refractivity contribution in [1.82, 2.24) is 9.97 Å². The summed E-state index contributed by atoms with van der Waals surface area (Å²) in [6, 6.07) is 8.44. The number of benzene rings is 1. The molecule has 3 rings (SSSR count). The highest BCUT2D eigenvalue weighted by Gasteiger charge is 2.28.